The number of nitrogens with one attached hydrogen (secondary N) is 1. The van der Waals surface area contributed by atoms with E-state index in [1.54, 1.807) is 11.8 Å². The molecule has 1 fully saturated rings. The summed E-state index contributed by atoms with van der Waals surface area (Å²) >= 11 is 1.57. The van der Waals surface area contributed by atoms with E-state index in [1.165, 1.54) is 0 Å². The topological polar surface area (TPSA) is 50.3 Å². The molecule has 2 rings (SSSR count). The smallest absolute Gasteiger partial charge is 0.191 e. The third-order valence-corrected chi connectivity index (χ3v) is 3.67. The molecule has 0 amide bonds. The molecule has 1 aromatic rings. The van der Waals surface area contributed by atoms with Crippen molar-refractivity contribution in [1.29, 1.82) is 0 Å². The number of hydrogen-bond acceptors (Lipinski definition) is 6. The predicted octanol–water partition coefficient (Wildman–Crippen LogP) is 1.86. The van der Waals surface area contributed by atoms with E-state index in [2.05, 4.69) is 27.1 Å². The monoisotopic (exact) mass is 268 g/mol. The van der Waals surface area contributed by atoms with Crippen LogP contribution in [0.5, 0.6) is 0 Å². The Hall–Kier alpha value is -1.01. The molecule has 1 aromatic heterocycles. The first-order valence-electron chi connectivity index (χ1n) is 6.23. The van der Waals surface area contributed by atoms with E-state index < -0.39 is 0 Å². The number of rotatable bonds is 4. The van der Waals surface area contributed by atoms with Gasteiger partial charge in [-0.05, 0) is 12.7 Å². The van der Waals surface area contributed by atoms with Crippen LogP contribution in [-0.2, 0) is 4.74 Å². The van der Waals surface area contributed by atoms with Crippen LogP contribution >= 0.6 is 11.8 Å². The molecule has 0 spiro atoms. The Bertz CT molecular complexity index is 379. The highest BCUT2D eigenvalue weighted by molar-refractivity contribution is 7.98. The van der Waals surface area contributed by atoms with Crippen LogP contribution in [0.3, 0.4) is 0 Å². The third-order valence-electron chi connectivity index (χ3n) is 3.12. The second kappa shape index (κ2) is 6.24. The van der Waals surface area contributed by atoms with E-state index in [-0.39, 0.29) is 0 Å². The fourth-order valence-electron chi connectivity index (χ4n) is 2.07. The summed E-state index contributed by atoms with van der Waals surface area (Å²) in [5.41, 5.74) is 0. The zero-order chi connectivity index (χ0) is 13.0. The minimum Gasteiger partial charge on any atom is -0.377 e. The highest BCUT2D eigenvalue weighted by Gasteiger charge is 2.23. The van der Waals surface area contributed by atoms with Gasteiger partial charge in [0.15, 0.2) is 5.16 Å². The Morgan fingerprint density at radius 1 is 1.56 bits per heavy atom. The first kappa shape index (κ1) is 13.4. The lowest BCUT2D eigenvalue weighted by atomic mass is 10.2. The summed E-state index contributed by atoms with van der Waals surface area (Å²) in [6.07, 6.45) is 3.06. The van der Waals surface area contributed by atoms with Gasteiger partial charge in [-0.15, -0.1) is 0 Å². The van der Waals surface area contributed by atoms with Crippen LogP contribution in [-0.4, -0.2) is 49.1 Å². The lowest BCUT2D eigenvalue weighted by Crippen LogP contribution is -2.45. The van der Waals surface area contributed by atoms with E-state index in [1.807, 2.05) is 19.4 Å². The van der Waals surface area contributed by atoms with Crippen molar-refractivity contribution >= 4 is 23.4 Å². The number of thioether (sulfide) groups is 1. The van der Waals surface area contributed by atoms with E-state index >= 15 is 0 Å². The van der Waals surface area contributed by atoms with E-state index in [0.717, 1.165) is 43.0 Å². The Morgan fingerprint density at radius 2 is 2.39 bits per heavy atom. The molecule has 100 valence electrons. The van der Waals surface area contributed by atoms with Crippen molar-refractivity contribution in [2.75, 3.05) is 43.3 Å². The molecule has 1 atom stereocenters. The van der Waals surface area contributed by atoms with Gasteiger partial charge in [-0.25, -0.2) is 9.97 Å². The molecule has 1 aliphatic heterocycles. The van der Waals surface area contributed by atoms with Crippen LogP contribution in [0.15, 0.2) is 11.2 Å². The predicted molar refractivity (Wildman–Crippen MR) is 75.6 cm³/mol. The van der Waals surface area contributed by atoms with Gasteiger partial charge >= 0.3 is 0 Å². The number of nitrogens with zero attached hydrogens (tertiary/aromatic N) is 3. The Morgan fingerprint density at radius 3 is 3.06 bits per heavy atom. The van der Waals surface area contributed by atoms with Crippen LogP contribution in [0.1, 0.15) is 13.3 Å². The van der Waals surface area contributed by atoms with Crippen molar-refractivity contribution in [2.24, 2.45) is 0 Å². The van der Waals surface area contributed by atoms with Crippen LogP contribution in [0.25, 0.3) is 0 Å². The standard InChI is InChI=1S/C12H20N4OS/c1-4-9-8-17-6-5-16(9)11-7-10(13-2)14-12(15-11)18-3/h7,9H,4-6,8H2,1-3H3,(H,13,14,15). The second-order valence-electron chi connectivity index (χ2n) is 4.18. The summed E-state index contributed by atoms with van der Waals surface area (Å²) < 4.78 is 5.53. The molecule has 0 aliphatic carbocycles. The van der Waals surface area contributed by atoms with Gasteiger partial charge in [-0.1, -0.05) is 18.7 Å². The minimum absolute atomic E-state index is 0.410. The largest absolute Gasteiger partial charge is 0.377 e. The van der Waals surface area contributed by atoms with Gasteiger partial charge in [-0.2, -0.15) is 0 Å². The van der Waals surface area contributed by atoms with Crippen LogP contribution < -0.4 is 10.2 Å². The Kier molecular flexibility index (Phi) is 4.66. The second-order valence-corrected chi connectivity index (χ2v) is 4.95. The molecule has 5 nitrogen and oxygen atoms in total. The molecule has 0 saturated carbocycles. The Labute approximate surface area is 112 Å². The molecule has 1 saturated heterocycles. The van der Waals surface area contributed by atoms with Gasteiger partial charge in [-0.3, -0.25) is 0 Å². The van der Waals surface area contributed by atoms with Crippen LogP contribution in [0.2, 0.25) is 0 Å². The van der Waals surface area contributed by atoms with Crippen molar-refractivity contribution in [2.45, 2.75) is 24.5 Å². The summed E-state index contributed by atoms with van der Waals surface area (Å²) in [7, 11) is 1.88. The van der Waals surface area contributed by atoms with Crippen molar-refractivity contribution in [1.82, 2.24) is 9.97 Å². The molecule has 6 heteroatoms. The molecule has 0 aromatic carbocycles. The van der Waals surface area contributed by atoms with Gasteiger partial charge in [0.05, 0.1) is 19.3 Å². The van der Waals surface area contributed by atoms with Gasteiger partial charge in [0, 0.05) is 19.7 Å². The highest BCUT2D eigenvalue weighted by Crippen LogP contribution is 2.24. The van der Waals surface area contributed by atoms with Crippen molar-refractivity contribution in [3.05, 3.63) is 6.07 Å². The summed E-state index contributed by atoms with van der Waals surface area (Å²) in [4.78, 5) is 11.3. The van der Waals surface area contributed by atoms with Gasteiger partial charge in [0.1, 0.15) is 11.6 Å². The maximum Gasteiger partial charge on any atom is 0.191 e. The Balaban J connectivity index is 2.29. The average Bonchev–Trinajstić information content (AvgIpc) is 2.46. The fraction of sp³-hybridized carbons (Fsp3) is 0.667. The first-order chi connectivity index (χ1) is 8.78. The van der Waals surface area contributed by atoms with Gasteiger partial charge < -0.3 is 15.0 Å². The summed E-state index contributed by atoms with van der Waals surface area (Å²) in [5.74, 6) is 1.86. The van der Waals surface area contributed by atoms with E-state index in [4.69, 9.17) is 4.74 Å². The normalized spacial score (nSPS) is 19.9. The summed E-state index contributed by atoms with van der Waals surface area (Å²) in [5, 5.41) is 3.90. The van der Waals surface area contributed by atoms with Crippen molar-refractivity contribution in [3.63, 3.8) is 0 Å². The zero-order valence-electron chi connectivity index (χ0n) is 11.1. The minimum atomic E-state index is 0.410. The summed E-state index contributed by atoms with van der Waals surface area (Å²) in [6.45, 7) is 4.63. The maximum absolute atomic E-state index is 5.53. The maximum atomic E-state index is 5.53. The quantitative estimate of drug-likeness (QED) is 0.664. The fourth-order valence-corrected chi connectivity index (χ4v) is 2.45. The number of anilines is 2. The zero-order valence-corrected chi connectivity index (χ0v) is 12.0. The molecule has 18 heavy (non-hydrogen) atoms. The molecule has 1 unspecified atom stereocenters. The number of hydrogen-bond donors (Lipinski definition) is 1. The number of ether oxygens (including phenoxy) is 1. The lowest BCUT2D eigenvalue weighted by molar-refractivity contribution is 0.0925. The summed E-state index contributed by atoms with van der Waals surface area (Å²) in [6, 6.07) is 2.42. The lowest BCUT2D eigenvalue weighted by Gasteiger charge is -2.36. The molecule has 1 aliphatic rings. The number of aromatic nitrogens is 2. The van der Waals surface area contributed by atoms with Gasteiger partial charge in [0.2, 0.25) is 0 Å². The van der Waals surface area contributed by atoms with Gasteiger partial charge in [0.25, 0.3) is 0 Å². The SMILES string of the molecule is CCC1COCCN1c1cc(NC)nc(SC)n1. The van der Waals surface area contributed by atoms with E-state index in [0.29, 0.717) is 6.04 Å². The molecular formula is C12H20N4OS. The molecule has 2 heterocycles. The highest BCUT2D eigenvalue weighted by atomic mass is 32.2. The third kappa shape index (κ3) is 2.87. The van der Waals surface area contributed by atoms with Crippen molar-refractivity contribution in [3.8, 4) is 0 Å². The van der Waals surface area contributed by atoms with Crippen molar-refractivity contribution < 1.29 is 4.74 Å². The first-order valence-corrected chi connectivity index (χ1v) is 7.46. The van der Waals surface area contributed by atoms with Crippen LogP contribution in [0.4, 0.5) is 11.6 Å². The number of morpholine rings is 1. The molecule has 1 N–H and O–H groups in total. The molecule has 0 radical (unpaired) electrons. The molecule has 0 bridgehead atoms. The molecular weight excluding hydrogens is 248 g/mol. The van der Waals surface area contributed by atoms with Crippen LogP contribution in [0, 0.1) is 0 Å². The van der Waals surface area contributed by atoms with E-state index in [9.17, 15) is 0 Å². The average molecular weight is 268 g/mol.